The molecule has 2 heterocycles. The summed E-state index contributed by atoms with van der Waals surface area (Å²) in [5, 5.41) is 9.11. The van der Waals surface area contributed by atoms with Crippen LogP contribution in [0.5, 0.6) is 0 Å². The first-order valence-corrected chi connectivity index (χ1v) is 14.3. The molecule has 0 saturated carbocycles. The fraction of sp³-hybridized carbons (Fsp3) is 0.344. The van der Waals surface area contributed by atoms with Crippen molar-refractivity contribution >= 4 is 22.8 Å². The van der Waals surface area contributed by atoms with Crippen molar-refractivity contribution in [2.45, 2.75) is 19.7 Å². The van der Waals surface area contributed by atoms with Crippen molar-refractivity contribution in [3.8, 4) is 11.1 Å². The predicted octanol–water partition coefficient (Wildman–Crippen LogP) is 3.87. The van der Waals surface area contributed by atoms with Crippen molar-refractivity contribution in [3.63, 3.8) is 0 Å². The number of rotatable bonds is 15. The summed E-state index contributed by atoms with van der Waals surface area (Å²) in [6.45, 7) is 3.17. The number of aromatic nitrogens is 2. The average Bonchev–Trinajstić information content (AvgIpc) is 3.47. The second-order valence-electron chi connectivity index (χ2n) is 10.1. The zero-order valence-electron chi connectivity index (χ0n) is 24.1. The van der Waals surface area contributed by atoms with Crippen LogP contribution >= 0.6 is 0 Å². The highest BCUT2D eigenvalue weighted by molar-refractivity contribution is 6.06. The van der Waals surface area contributed by atoms with E-state index in [4.69, 9.17) is 29.8 Å². The highest BCUT2D eigenvalue weighted by Gasteiger charge is 2.27. The van der Waals surface area contributed by atoms with Crippen molar-refractivity contribution in [2.75, 3.05) is 58.6 Å². The summed E-state index contributed by atoms with van der Waals surface area (Å²) in [4.78, 5) is 23.9. The minimum absolute atomic E-state index is 0.00267. The van der Waals surface area contributed by atoms with Crippen LogP contribution in [-0.2, 0) is 38.6 Å². The first-order chi connectivity index (χ1) is 21.4. The number of ether oxygens (including phenoxy) is 4. The number of carbonyl (C=O) groups is 1. The van der Waals surface area contributed by atoms with E-state index in [1.807, 2.05) is 24.3 Å². The van der Waals surface area contributed by atoms with Crippen molar-refractivity contribution < 1.29 is 37.6 Å². The number of halogens is 2. The maximum absolute atomic E-state index is 14.5. The quantitative estimate of drug-likeness (QED) is 0.193. The fourth-order valence-electron chi connectivity index (χ4n) is 4.99. The zero-order valence-corrected chi connectivity index (χ0v) is 24.1. The number of nitrogens with two attached hydrogens (primary N) is 1. The molecule has 1 aliphatic rings. The number of nitrogen functional groups attached to an aromatic ring is 1. The van der Waals surface area contributed by atoms with Gasteiger partial charge in [-0.2, -0.15) is 0 Å². The lowest BCUT2D eigenvalue weighted by Crippen LogP contribution is -2.27. The van der Waals surface area contributed by atoms with Crippen LogP contribution in [0.4, 0.5) is 14.7 Å². The predicted molar refractivity (Wildman–Crippen MR) is 159 cm³/mol. The molecule has 3 N–H and O–H groups in total. The van der Waals surface area contributed by atoms with Crippen molar-refractivity contribution in [1.29, 1.82) is 0 Å². The molecule has 232 valence electrons. The van der Waals surface area contributed by atoms with Gasteiger partial charge < -0.3 is 34.7 Å². The van der Waals surface area contributed by atoms with Gasteiger partial charge in [0.1, 0.15) is 5.69 Å². The van der Waals surface area contributed by atoms with Gasteiger partial charge in [-0.15, -0.1) is 0 Å². The molecular weight excluding hydrogens is 574 g/mol. The molecule has 44 heavy (non-hydrogen) atoms. The number of benzene rings is 3. The van der Waals surface area contributed by atoms with E-state index >= 15 is 0 Å². The van der Waals surface area contributed by atoms with Gasteiger partial charge in [-0.1, -0.05) is 30.3 Å². The van der Waals surface area contributed by atoms with E-state index in [2.05, 4.69) is 9.97 Å². The van der Waals surface area contributed by atoms with Gasteiger partial charge in [0.25, 0.3) is 5.91 Å². The summed E-state index contributed by atoms with van der Waals surface area (Å²) in [5.41, 5.74) is 10.1. The number of hydrogen-bond donors (Lipinski definition) is 2. The van der Waals surface area contributed by atoms with Gasteiger partial charge in [0, 0.05) is 18.5 Å². The Bertz CT molecular complexity index is 1580. The summed E-state index contributed by atoms with van der Waals surface area (Å²) in [6, 6.07) is 15.1. The Balaban J connectivity index is 1.27. The number of anilines is 1. The molecule has 0 spiro atoms. The van der Waals surface area contributed by atoms with Crippen LogP contribution in [0.3, 0.4) is 0 Å². The third-order valence-electron chi connectivity index (χ3n) is 7.11. The summed E-state index contributed by atoms with van der Waals surface area (Å²) in [5.74, 6) is -2.33. The Morgan fingerprint density at radius 3 is 2.09 bits per heavy atom. The van der Waals surface area contributed by atoms with Crippen LogP contribution in [0.15, 0.2) is 54.6 Å². The maximum atomic E-state index is 14.5. The molecule has 0 atom stereocenters. The molecule has 0 aliphatic carbocycles. The number of fused-ring (bicyclic) bond motifs is 2. The van der Waals surface area contributed by atoms with E-state index in [0.29, 0.717) is 67.1 Å². The number of aliphatic hydroxyl groups excluding tert-OH is 1. The molecule has 4 aromatic rings. The average molecular weight is 609 g/mol. The summed E-state index contributed by atoms with van der Waals surface area (Å²) >= 11 is 0. The van der Waals surface area contributed by atoms with E-state index in [0.717, 1.165) is 23.3 Å². The normalized spacial score (nSPS) is 12.7. The lowest BCUT2D eigenvalue weighted by molar-refractivity contribution is -0.00741. The van der Waals surface area contributed by atoms with E-state index in [1.165, 1.54) is 0 Å². The van der Waals surface area contributed by atoms with Gasteiger partial charge >= 0.3 is 0 Å². The lowest BCUT2D eigenvalue weighted by Gasteiger charge is -2.17. The summed E-state index contributed by atoms with van der Waals surface area (Å²) < 4.78 is 50.4. The molecule has 0 radical (unpaired) electrons. The Hall–Kier alpha value is -4.07. The van der Waals surface area contributed by atoms with Crippen LogP contribution in [-0.4, -0.2) is 78.7 Å². The smallest absolute Gasteiger partial charge is 0.273 e. The lowest BCUT2D eigenvalue weighted by atomic mass is 9.97. The Morgan fingerprint density at radius 2 is 1.43 bits per heavy atom. The molecule has 5 rings (SSSR count). The van der Waals surface area contributed by atoms with Crippen LogP contribution in [0, 0.1) is 11.6 Å². The van der Waals surface area contributed by atoms with E-state index in [-0.39, 0.29) is 50.6 Å². The number of carbonyl (C=O) groups excluding carboxylic acids is 1. The largest absolute Gasteiger partial charge is 0.394 e. The van der Waals surface area contributed by atoms with Crippen LogP contribution < -0.4 is 5.73 Å². The number of hydrogen-bond acceptors (Lipinski definition) is 9. The van der Waals surface area contributed by atoms with Gasteiger partial charge in [-0.25, -0.2) is 18.7 Å². The van der Waals surface area contributed by atoms with Gasteiger partial charge in [-0.3, -0.25) is 4.79 Å². The van der Waals surface area contributed by atoms with Gasteiger partial charge in [0.05, 0.1) is 65.0 Å². The van der Waals surface area contributed by atoms with Crippen LogP contribution in [0.25, 0.3) is 22.0 Å². The van der Waals surface area contributed by atoms with Crippen molar-refractivity contribution in [3.05, 3.63) is 88.6 Å². The standard InChI is InChI=1S/C32H34F2N4O6/c33-27-16-24(20-44-14-13-43-12-11-42-10-9-41-8-7-39)25(17-28(27)34)21-5-6-29-26(15-21)30(37-32(35)36-29)31(40)38-18-22-3-1-2-4-23(22)19-38/h1-6,15-17,39H,7-14,18-20H2,(H2,35,36,37). The molecule has 0 bridgehead atoms. The minimum Gasteiger partial charge on any atom is -0.394 e. The molecule has 0 saturated heterocycles. The Morgan fingerprint density at radius 1 is 0.818 bits per heavy atom. The van der Waals surface area contributed by atoms with Crippen LogP contribution in [0.2, 0.25) is 0 Å². The molecule has 1 aromatic heterocycles. The Kier molecular flexibility index (Phi) is 10.8. The SMILES string of the molecule is Nc1nc(C(=O)N2Cc3ccccc3C2)c2cc(-c3cc(F)c(F)cc3COCCOCCOCCOCCO)ccc2n1. The number of amides is 1. The molecule has 0 fully saturated rings. The van der Waals surface area contributed by atoms with E-state index in [1.54, 1.807) is 23.1 Å². The minimum atomic E-state index is -1.01. The second-order valence-corrected chi connectivity index (χ2v) is 10.1. The fourth-order valence-corrected chi connectivity index (χ4v) is 4.99. The highest BCUT2D eigenvalue weighted by atomic mass is 19.2. The second kappa shape index (κ2) is 15.1. The van der Waals surface area contributed by atoms with Crippen LogP contribution in [0.1, 0.15) is 27.2 Å². The topological polar surface area (TPSA) is 129 Å². The van der Waals surface area contributed by atoms with Gasteiger partial charge in [-0.05, 0) is 52.1 Å². The first kappa shape index (κ1) is 31.4. The van der Waals surface area contributed by atoms with Crippen molar-refractivity contribution in [1.82, 2.24) is 14.9 Å². The summed E-state index contributed by atoms with van der Waals surface area (Å²) in [7, 11) is 0. The molecule has 1 aliphatic heterocycles. The van der Waals surface area contributed by atoms with Gasteiger partial charge in [0.15, 0.2) is 11.6 Å². The molecule has 10 nitrogen and oxygen atoms in total. The first-order valence-electron chi connectivity index (χ1n) is 14.3. The molecule has 0 unspecified atom stereocenters. The third-order valence-corrected chi connectivity index (χ3v) is 7.11. The number of aliphatic hydroxyl groups is 1. The third kappa shape index (κ3) is 7.71. The maximum Gasteiger partial charge on any atom is 0.273 e. The Labute approximate surface area is 253 Å². The highest BCUT2D eigenvalue weighted by Crippen LogP contribution is 2.32. The molecular formula is C32H34F2N4O6. The summed E-state index contributed by atoms with van der Waals surface area (Å²) in [6.07, 6.45) is 0. The number of nitrogens with zero attached hydrogens (tertiary/aromatic N) is 3. The van der Waals surface area contributed by atoms with E-state index < -0.39 is 11.6 Å². The molecule has 3 aromatic carbocycles. The van der Waals surface area contributed by atoms with Gasteiger partial charge in [0.2, 0.25) is 5.95 Å². The zero-order chi connectivity index (χ0) is 30.9. The molecule has 12 heteroatoms. The van der Waals surface area contributed by atoms with Crippen molar-refractivity contribution in [2.24, 2.45) is 0 Å². The monoisotopic (exact) mass is 608 g/mol. The van der Waals surface area contributed by atoms with E-state index in [9.17, 15) is 13.6 Å². The molecule has 1 amide bonds.